The van der Waals surface area contributed by atoms with Crippen molar-refractivity contribution in [2.45, 2.75) is 6.10 Å². The maximum absolute atomic E-state index is 13.3. The van der Waals surface area contributed by atoms with E-state index in [0.29, 0.717) is 5.69 Å². The predicted molar refractivity (Wildman–Crippen MR) is 51.5 cm³/mol. The van der Waals surface area contributed by atoms with Crippen molar-refractivity contribution >= 4 is 0 Å². The van der Waals surface area contributed by atoms with E-state index < -0.39 is 11.9 Å². The summed E-state index contributed by atoms with van der Waals surface area (Å²) >= 11 is 0. The van der Waals surface area contributed by atoms with Crippen LogP contribution < -0.4 is 0 Å². The molecule has 5 heteroatoms. The number of pyridine rings is 1. The van der Waals surface area contributed by atoms with Crippen LogP contribution >= 0.6 is 0 Å². The Morgan fingerprint density at radius 1 is 1.47 bits per heavy atom. The second-order valence-corrected chi connectivity index (χ2v) is 3.19. The van der Waals surface area contributed by atoms with E-state index in [1.165, 1.54) is 18.3 Å². The molecule has 2 rings (SSSR count). The lowest BCUT2D eigenvalue weighted by Crippen LogP contribution is -2.06. The van der Waals surface area contributed by atoms with E-state index in [1.54, 1.807) is 24.0 Å². The van der Waals surface area contributed by atoms with E-state index >= 15 is 0 Å². The predicted octanol–water partition coefficient (Wildman–Crippen LogP) is 1.04. The monoisotopic (exact) mass is 207 g/mol. The molecule has 2 heterocycles. The molecule has 0 spiro atoms. The molecule has 0 aliphatic carbocycles. The van der Waals surface area contributed by atoms with Crippen molar-refractivity contribution in [2.75, 3.05) is 0 Å². The van der Waals surface area contributed by atoms with E-state index in [0.717, 1.165) is 0 Å². The number of aliphatic hydroxyl groups excluding tert-OH is 1. The minimum Gasteiger partial charge on any atom is -0.380 e. The number of aliphatic hydroxyl groups is 1. The highest BCUT2D eigenvalue weighted by Gasteiger charge is 2.18. The number of hydrogen-bond donors (Lipinski definition) is 1. The number of aromatic nitrogens is 3. The van der Waals surface area contributed by atoms with E-state index in [4.69, 9.17) is 0 Å². The molecule has 1 N–H and O–H groups in total. The van der Waals surface area contributed by atoms with Gasteiger partial charge in [0, 0.05) is 19.4 Å². The van der Waals surface area contributed by atoms with Crippen molar-refractivity contribution in [1.29, 1.82) is 0 Å². The molecule has 15 heavy (non-hydrogen) atoms. The first-order valence-electron chi connectivity index (χ1n) is 4.46. The average molecular weight is 207 g/mol. The van der Waals surface area contributed by atoms with Crippen molar-refractivity contribution < 1.29 is 9.50 Å². The molecule has 2 aromatic heterocycles. The van der Waals surface area contributed by atoms with Gasteiger partial charge in [0.2, 0.25) is 0 Å². The lowest BCUT2D eigenvalue weighted by atomic mass is 10.1. The Labute approximate surface area is 86.0 Å². The quantitative estimate of drug-likeness (QED) is 0.800. The summed E-state index contributed by atoms with van der Waals surface area (Å²) in [6.07, 6.45) is 2.00. The lowest BCUT2D eigenvalue weighted by Gasteiger charge is -2.07. The summed E-state index contributed by atoms with van der Waals surface area (Å²) in [6.45, 7) is 0. The smallest absolute Gasteiger partial charge is 0.147 e. The number of halogens is 1. The second-order valence-electron chi connectivity index (χ2n) is 3.19. The maximum Gasteiger partial charge on any atom is 0.147 e. The molecule has 0 saturated heterocycles. The van der Waals surface area contributed by atoms with Gasteiger partial charge in [0.1, 0.15) is 17.6 Å². The van der Waals surface area contributed by atoms with E-state index in [-0.39, 0.29) is 5.69 Å². The molecule has 0 aliphatic rings. The molecule has 0 aromatic carbocycles. The third kappa shape index (κ3) is 1.87. The number of rotatable bonds is 2. The lowest BCUT2D eigenvalue weighted by molar-refractivity contribution is 0.203. The van der Waals surface area contributed by atoms with Crippen LogP contribution in [0.15, 0.2) is 30.6 Å². The SMILES string of the molecule is Cn1ccc(C(O)c2ncccc2F)n1. The van der Waals surface area contributed by atoms with Gasteiger partial charge in [-0.25, -0.2) is 4.39 Å². The summed E-state index contributed by atoms with van der Waals surface area (Å²) in [5, 5.41) is 13.8. The van der Waals surface area contributed by atoms with Gasteiger partial charge in [-0.1, -0.05) is 0 Å². The fourth-order valence-electron chi connectivity index (χ4n) is 1.32. The molecule has 0 amide bonds. The maximum atomic E-state index is 13.3. The second kappa shape index (κ2) is 3.78. The molecule has 1 atom stereocenters. The standard InChI is InChI=1S/C10H10FN3O/c1-14-6-4-8(13-14)10(15)9-7(11)3-2-5-12-9/h2-6,10,15H,1H3. The molecule has 0 fully saturated rings. The van der Waals surface area contributed by atoms with Gasteiger partial charge in [0.25, 0.3) is 0 Å². The van der Waals surface area contributed by atoms with Crippen LogP contribution in [-0.4, -0.2) is 19.9 Å². The summed E-state index contributed by atoms with van der Waals surface area (Å²) in [5.41, 5.74) is 0.381. The highest BCUT2D eigenvalue weighted by molar-refractivity contribution is 5.19. The largest absolute Gasteiger partial charge is 0.380 e. The Kier molecular flexibility index (Phi) is 2.47. The van der Waals surface area contributed by atoms with E-state index in [2.05, 4.69) is 10.1 Å². The number of aryl methyl sites for hydroxylation is 1. The Morgan fingerprint density at radius 3 is 2.87 bits per heavy atom. The van der Waals surface area contributed by atoms with Crippen LogP contribution in [0.1, 0.15) is 17.5 Å². The van der Waals surface area contributed by atoms with Crippen LogP contribution in [0.2, 0.25) is 0 Å². The Balaban J connectivity index is 2.36. The van der Waals surface area contributed by atoms with Crippen molar-refractivity contribution in [3.05, 3.63) is 47.8 Å². The topological polar surface area (TPSA) is 50.9 Å². The molecule has 0 radical (unpaired) electrons. The van der Waals surface area contributed by atoms with Crippen molar-refractivity contribution in [3.63, 3.8) is 0 Å². The van der Waals surface area contributed by atoms with Crippen LogP contribution in [-0.2, 0) is 7.05 Å². The average Bonchev–Trinajstić information content (AvgIpc) is 2.65. The fourth-order valence-corrected chi connectivity index (χ4v) is 1.32. The minimum atomic E-state index is -1.12. The molecule has 78 valence electrons. The molecule has 2 aromatic rings. The Hall–Kier alpha value is -1.75. The fraction of sp³-hybridized carbons (Fsp3) is 0.200. The van der Waals surface area contributed by atoms with Gasteiger partial charge in [-0.05, 0) is 18.2 Å². The zero-order chi connectivity index (χ0) is 10.8. The van der Waals surface area contributed by atoms with E-state index in [1.807, 2.05) is 0 Å². The van der Waals surface area contributed by atoms with Crippen LogP contribution in [0.5, 0.6) is 0 Å². The summed E-state index contributed by atoms with van der Waals surface area (Å²) < 4.78 is 14.8. The third-order valence-electron chi connectivity index (χ3n) is 2.06. The van der Waals surface area contributed by atoms with Crippen LogP contribution in [0.4, 0.5) is 4.39 Å². The first-order valence-corrected chi connectivity index (χ1v) is 4.46. The number of nitrogens with zero attached hydrogens (tertiary/aromatic N) is 3. The summed E-state index contributed by atoms with van der Waals surface area (Å²) in [7, 11) is 1.73. The zero-order valence-electron chi connectivity index (χ0n) is 8.13. The van der Waals surface area contributed by atoms with Crippen LogP contribution in [0.3, 0.4) is 0 Å². The van der Waals surface area contributed by atoms with Gasteiger partial charge < -0.3 is 5.11 Å². The van der Waals surface area contributed by atoms with E-state index in [9.17, 15) is 9.50 Å². The third-order valence-corrected chi connectivity index (χ3v) is 2.06. The molecule has 0 saturated carbocycles. The number of hydrogen-bond acceptors (Lipinski definition) is 3. The summed E-state index contributed by atoms with van der Waals surface area (Å²) in [4.78, 5) is 3.79. The van der Waals surface area contributed by atoms with Gasteiger partial charge in [0.15, 0.2) is 0 Å². The molecule has 4 nitrogen and oxygen atoms in total. The van der Waals surface area contributed by atoms with Crippen molar-refractivity contribution in [1.82, 2.24) is 14.8 Å². The van der Waals surface area contributed by atoms with Gasteiger partial charge in [-0.3, -0.25) is 9.67 Å². The van der Waals surface area contributed by atoms with Crippen LogP contribution in [0.25, 0.3) is 0 Å². The van der Waals surface area contributed by atoms with Crippen LogP contribution in [0, 0.1) is 5.82 Å². The van der Waals surface area contributed by atoms with Gasteiger partial charge in [-0.15, -0.1) is 0 Å². The molecule has 0 bridgehead atoms. The Morgan fingerprint density at radius 2 is 2.27 bits per heavy atom. The van der Waals surface area contributed by atoms with Gasteiger partial charge >= 0.3 is 0 Å². The highest BCUT2D eigenvalue weighted by atomic mass is 19.1. The summed E-state index contributed by atoms with van der Waals surface area (Å²) in [6, 6.07) is 4.36. The van der Waals surface area contributed by atoms with Gasteiger partial charge in [0.05, 0.1) is 5.69 Å². The molecule has 0 aliphatic heterocycles. The zero-order valence-corrected chi connectivity index (χ0v) is 8.13. The van der Waals surface area contributed by atoms with Crippen molar-refractivity contribution in [2.24, 2.45) is 7.05 Å². The summed E-state index contributed by atoms with van der Waals surface area (Å²) in [5.74, 6) is -0.532. The minimum absolute atomic E-state index is 0.00352. The van der Waals surface area contributed by atoms with Gasteiger partial charge in [-0.2, -0.15) is 5.10 Å². The first-order chi connectivity index (χ1) is 7.18. The normalized spacial score (nSPS) is 12.7. The molecular weight excluding hydrogens is 197 g/mol. The molecular formula is C10H10FN3O. The highest BCUT2D eigenvalue weighted by Crippen LogP contribution is 2.20. The Bertz CT molecular complexity index is 469. The van der Waals surface area contributed by atoms with Crippen molar-refractivity contribution in [3.8, 4) is 0 Å². The first kappa shape index (κ1) is 9.79. The molecule has 1 unspecified atom stereocenters.